The zero-order valence-corrected chi connectivity index (χ0v) is 16.8. The lowest BCUT2D eigenvalue weighted by Crippen LogP contribution is -2.63. The van der Waals surface area contributed by atoms with Crippen LogP contribution in [0.2, 0.25) is 19.6 Å². The summed E-state index contributed by atoms with van der Waals surface area (Å²) in [6.07, 6.45) is 5.78. The summed E-state index contributed by atoms with van der Waals surface area (Å²) in [5, 5.41) is 5.10. The van der Waals surface area contributed by atoms with Gasteiger partial charge in [0.25, 0.3) is 0 Å². The summed E-state index contributed by atoms with van der Waals surface area (Å²) in [4.78, 5) is 0. The highest BCUT2D eigenvalue weighted by Crippen LogP contribution is 2.19. The Morgan fingerprint density at radius 1 is 1.22 bits per heavy atom. The largest absolute Gasteiger partial charge is 0.448 e. The maximum absolute atomic E-state index is 6.74. The summed E-state index contributed by atoms with van der Waals surface area (Å²) in [5.41, 5.74) is 8.34. The van der Waals surface area contributed by atoms with Gasteiger partial charge in [0.1, 0.15) is 0 Å². The van der Waals surface area contributed by atoms with E-state index in [2.05, 4.69) is 61.9 Å². The normalized spacial score (nSPS) is 24.9. The highest BCUT2D eigenvalue weighted by atomic mass is 28.4. The van der Waals surface area contributed by atoms with E-state index in [9.17, 15) is 0 Å². The van der Waals surface area contributed by atoms with Crippen LogP contribution in [0.15, 0.2) is 42.6 Å². The van der Waals surface area contributed by atoms with Crippen LogP contribution < -0.4 is 16.2 Å². The Hall–Kier alpha value is -0.726. The Bertz CT molecular complexity index is 509. The van der Waals surface area contributed by atoms with Crippen LogP contribution in [0.25, 0.3) is 0 Å². The molecule has 0 aliphatic heterocycles. The maximum atomic E-state index is 6.74. The smallest absolute Gasteiger partial charge is 0.223 e. The van der Waals surface area contributed by atoms with Crippen LogP contribution in [-0.4, -0.2) is 34.9 Å². The lowest BCUT2D eigenvalue weighted by Gasteiger charge is -2.38. The molecule has 0 spiro atoms. The fourth-order valence-corrected chi connectivity index (χ4v) is 10.8. The van der Waals surface area contributed by atoms with Crippen LogP contribution in [0.5, 0.6) is 0 Å². The van der Waals surface area contributed by atoms with Gasteiger partial charge in [-0.25, -0.2) is 0 Å². The monoisotopic (exact) mass is 348 g/mol. The van der Waals surface area contributed by atoms with Crippen molar-refractivity contribution in [3.8, 4) is 0 Å². The molecular weight excluding hydrogens is 316 g/mol. The Morgan fingerprint density at radius 2 is 1.87 bits per heavy atom. The standard InChI is InChI=1S/C18H32N2OSi2/c1-5-22(2,3)21-23(4,16-11-7-6-8-12-16)15-20-18-14-10-9-13-17(18)19/h5-8,11-12,17-18,20H,1,9-10,13-15,19H2,2-4H3. The molecule has 1 aromatic carbocycles. The fourth-order valence-electron chi connectivity index (χ4n) is 3.35. The van der Waals surface area contributed by atoms with Crippen molar-refractivity contribution in [1.82, 2.24) is 5.32 Å². The minimum absolute atomic E-state index is 0.280. The molecule has 3 nitrogen and oxygen atoms in total. The van der Waals surface area contributed by atoms with Gasteiger partial charge in [0.2, 0.25) is 8.32 Å². The minimum Gasteiger partial charge on any atom is -0.448 e. The van der Waals surface area contributed by atoms with Gasteiger partial charge in [-0.3, -0.25) is 0 Å². The van der Waals surface area contributed by atoms with E-state index in [4.69, 9.17) is 9.85 Å². The molecule has 1 aliphatic carbocycles. The summed E-state index contributed by atoms with van der Waals surface area (Å²) in [6.45, 7) is 10.8. The van der Waals surface area contributed by atoms with Crippen LogP contribution >= 0.6 is 0 Å². The van der Waals surface area contributed by atoms with E-state index >= 15 is 0 Å². The predicted octanol–water partition coefficient (Wildman–Crippen LogP) is 2.81. The van der Waals surface area contributed by atoms with Crippen molar-refractivity contribution in [3.05, 3.63) is 42.6 Å². The van der Waals surface area contributed by atoms with Crippen molar-refractivity contribution < 1.29 is 4.12 Å². The molecule has 1 aromatic rings. The molecule has 3 N–H and O–H groups in total. The van der Waals surface area contributed by atoms with Gasteiger partial charge in [-0.15, -0.1) is 6.58 Å². The molecule has 0 amide bonds. The molecule has 2 rings (SSSR count). The van der Waals surface area contributed by atoms with Crippen LogP contribution in [0.3, 0.4) is 0 Å². The van der Waals surface area contributed by atoms with Gasteiger partial charge in [-0.2, -0.15) is 0 Å². The van der Waals surface area contributed by atoms with Crippen molar-refractivity contribution >= 4 is 21.8 Å². The topological polar surface area (TPSA) is 47.3 Å². The number of benzene rings is 1. The van der Waals surface area contributed by atoms with Gasteiger partial charge in [0, 0.05) is 18.3 Å². The molecular formula is C18H32N2OSi2. The number of rotatable bonds is 7. The molecule has 0 aromatic heterocycles. The second kappa shape index (κ2) is 7.90. The lowest BCUT2D eigenvalue weighted by molar-refractivity contribution is 0.336. The van der Waals surface area contributed by atoms with Crippen LogP contribution in [0.1, 0.15) is 25.7 Å². The van der Waals surface area contributed by atoms with Gasteiger partial charge >= 0.3 is 0 Å². The molecule has 128 valence electrons. The Kier molecular flexibility index (Phi) is 6.39. The molecule has 1 fully saturated rings. The minimum atomic E-state index is -2.07. The molecule has 5 heteroatoms. The van der Waals surface area contributed by atoms with Crippen molar-refractivity contribution in [2.45, 2.75) is 57.4 Å². The average molecular weight is 349 g/mol. The van der Waals surface area contributed by atoms with Crippen LogP contribution in [-0.2, 0) is 4.12 Å². The molecule has 1 saturated carbocycles. The van der Waals surface area contributed by atoms with Gasteiger partial charge in [-0.05, 0) is 37.7 Å². The van der Waals surface area contributed by atoms with Gasteiger partial charge in [0.15, 0.2) is 8.32 Å². The van der Waals surface area contributed by atoms with E-state index in [0.29, 0.717) is 6.04 Å². The summed E-state index contributed by atoms with van der Waals surface area (Å²) in [6, 6.07) is 11.4. The quantitative estimate of drug-likeness (QED) is 0.745. The molecule has 1 aliphatic rings. The van der Waals surface area contributed by atoms with Crippen molar-refractivity contribution in [3.63, 3.8) is 0 Å². The second-order valence-electron chi connectivity index (χ2n) is 7.44. The van der Waals surface area contributed by atoms with Crippen molar-refractivity contribution in [2.24, 2.45) is 5.73 Å². The first kappa shape index (κ1) is 18.6. The molecule has 0 radical (unpaired) electrons. The number of hydrogen-bond donors (Lipinski definition) is 2. The zero-order chi connectivity index (χ0) is 16.9. The number of nitrogens with two attached hydrogens (primary N) is 1. The van der Waals surface area contributed by atoms with Gasteiger partial charge in [-0.1, -0.05) is 48.9 Å². The van der Waals surface area contributed by atoms with Crippen LogP contribution in [0.4, 0.5) is 0 Å². The Morgan fingerprint density at radius 3 is 2.48 bits per heavy atom. The highest BCUT2D eigenvalue weighted by molar-refractivity contribution is 6.94. The number of hydrogen-bond acceptors (Lipinski definition) is 3. The van der Waals surface area contributed by atoms with Gasteiger partial charge < -0.3 is 15.2 Å². The molecule has 3 atom stereocenters. The van der Waals surface area contributed by atoms with E-state index in [1.807, 2.05) is 5.70 Å². The van der Waals surface area contributed by atoms with E-state index in [-0.39, 0.29) is 6.04 Å². The van der Waals surface area contributed by atoms with Crippen molar-refractivity contribution in [1.29, 1.82) is 0 Å². The summed E-state index contributed by atoms with van der Waals surface area (Å²) in [5.74, 6) is 0. The first-order valence-electron chi connectivity index (χ1n) is 8.74. The Labute approximate surface area is 143 Å². The van der Waals surface area contributed by atoms with E-state index in [1.54, 1.807) is 0 Å². The second-order valence-corrected chi connectivity index (χ2v) is 15.3. The Balaban J connectivity index is 2.15. The predicted molar refractivity (Wildman–Crippen MR) is 105 cm³/mol. The third kappa shape index (κ3) is 5.12. The lowest BCUT2D eigenvalue weighted by atomic mass is 9.91. The molecule has 3 unspecified atom stereocenters. The zero-order valence-electron chi connectivity index (χ0n) is 14.8. The van der Waals surface area contributed by atoms with E-state index in [1.165, 1.54) is 24.4 Å². The summed E-state index contributed by atoms with van der Waals surface area (Å²) >= 11 is 0. The molecule has 0 heterocycles. The first-order valence-corrected chi connectivity index (χ1v) is 14.3. The third-order valence-corrected chi connectivity index (χ3v) is 12.2. The molecule has 0 saturated heterocycles. The summed E-state index contributed by atoms with van der Waals surface area (Å²) < 4.78 is 6.74. The average Bonchev–Trinajstić information content (AvgIpc) is 2.55. The maximum Gasteiger partial charge on any atom is 0.223 e. The van der Waals surface area contributed by atoms with Crippen LogP contribution in [0, 0.1) is 0 Å². The molecule has 0 bridgehead atoms. The van der Waals surface area contributed by atoms with Gasteiger partial charge in [0.05, 0.1) is 0 Å². The summed E-state index contributed by atoms with van der Waals surface area (Å²) in [7, 11) is -3.92. The first-order chi connectivity index (χ1) is 10.9. The SMILES string of the molecule is C=C[Si](C)(C)O[Si](C)(CNC1CCCCC1N)c1ccccc1. The van der Waals surface area contributed by atoms with Crippen molar-refractivity contribution in [2.75, 3.05) is 6.17 Å². The third-order valence-electron chi connectivity index (χ3n) is 4.89. The number of nitrogens with one attached hydrogen (secondary N) is 1. The van der Waals surface area contributed by atoms with E-state index < -0.39 is 16.6 Å². The van der Waals surface area contributed by atoms with E-state index in [0.717, 1.165) is 12.6 Å². The fraction of sp³-hybridized carbons (Fsp3) is 0.556. The molecule has 23 heavy (non-hydrogen) atoms. The highest BCUT2D eigenvalue weighted by Gasteiger charge is 2.38.